The van der Waals surface area contributed by atoms with Gasteiger partial charge in [0.25, 0.3) is 5.91 Å². The minimum Gasteiger partial charge on any atom is -0.341 e. The van der Waals surface area contributed by atoms with E-state index in [4.69, 9.17) is 0 Å². The third kappa shape index (κ3) is 3.33. The van der Waals surface area contributed by atoms with E-state index >= 15 is 0 Å². The van der Waals surface area contributed by atoms with E-state index in [-0.39, 0.29) is 5.91 Å². The van der Waals surface area contributed by atoms with Crippen molar-refractivity contribution < 1.29 is 4.79 Å². The molecule has 98 valence electrons. The van der Waals surface area contributed by atoms with Crippen LogP contribution in [0.5, 0.6) is 0 Å². The van der Waals surface area contributed by atoms with Gasteiger partial charge < -0.3 is 9.80 Å². The van der Waals surface area contributed by atoms with E-state index in [1.54, 1.807) is 0 Å². The summed E-state index contributed by atoms with van der Waals surface area (Å²) in [4.78, 5) is 16.4. The highest BCUT2D eigenvalue weighted by Gasteiger charge is 2.22. The van der Waals surface area contributed by atoms with Crippen molar-refractivity contribution in [1.82, 2.24) is 9.80 Å². The lowest BCUT2D eigenvalue weighted by Crippen LogP contribution is -2.32. The standard InChI is InChI=1S/C14H19BrN2O/c1-16-8-7-11(9-16)10-17(2)14(18)12-3-5-13(15)6-4-12/h3-6,11H,7-10H2,1-2H3. The van der Waals surface area contributed by atoms with Crippen LogP contribution < -0.4 is 0 Å². The van der Waals surface area contributed by atoms with E-state index in [0.29, 0.717) is 5.92 Å². The number of benzene rings is 1. The minimum absolute atomic E-state index is 0.108. The summed E-state index contributed by atoms with van der Waals surface area (Å²) < 4.78 is 0.999. The van der Waals surface area contributed by atoms with Gasteiger partial charge in [0.05, 0.1) is 0 Å². The maximum Gasteiger partial charge on any atom is 0.253 e. The second-order valence-electron chi connectivity index (χ2n) is 5.11. The number of hydrogen-bond donors (Lipinski definition) is 0. The first-order valence-electron chi connectivity index (χ1n) is 6.26. The van der Waals surface area contributed by atoms with Crippen molar-refractivity contribution in [2.75, 3.05) is 33.7 Å². The fourth-order valence-electron chi connectivity index (χ4n) is 2.46. The first kappa shape index (κ1) is 13.6. The summed E-state index contributed by atoms with van der Waals surface area (Å²) in [5.74, 6) is 0.719. The number of hydrogen-bond acceptors (Lipinski definition) is 2. The third-order valence-corrected chi connectivity index (χ3v) is 3.99. The van der Waals surface area contributed by atoms with Crippen LogP contribution in [0.1, 0.15) is 16.8 Å². The van der Waals surface area contributed by atoms with Crippen LogP contribution >= 0.6 is 15.9 Å². The Balaban J connectivity index is 1.94. The Kier molecular flexibility index (Phi) is 4.40. The number of carbonyl (C=O) groups is 1. The van der Waals surface area contributed by atoms with Gasteiger partial charge in [-0.25, -0.2) is 0 Å². The number of carbonyl (C=O) groups excluding carboxylic acids is 1. The third-order valence-electron chi connectivity index (χ3n) is 3.46. The molecular formula is C14H19BrN2O. The van der Waals surface area contributed by atoms with Crippen LogP contribution in [-0.2, 0) is 0 Å². The lowest BCUT2D eigenvalue weighted by atomic mass is 10.1. The van der Waals surface area contributed by atoms with Gasteiger partial charge in [-0.3, -0.25) is 4.79 Å². The van der Waals surface area contributed by atoms with Crippen LogP contribution in [0.3, 0.4) is 0 Å². The highest BCUT2D eigenvalue weighted by Crippen LogP contribution is 2.17. The van der Waals surface area contributed by atoms with E-state index in [0.717, 1.165) is 29.7 Å². The minimum atomic E-state index is 0.108. The van der Waals surface area contributed by atoms with Gasteiger partial charge in [0.15, 0.2) is 0 Å². The van der Waals surface area contributed by atoms with Crippen molar-refractivity contribution in [3.05, 3.63) is 34.3 Å². The summed E-state index contributed by atoms with van der Waals surface area (Å²) in [6.45, 7) is 3.09. The zero-order valence-corrected chi connectivity index (χ0v) is 12.5. The Morgan fingerprint density at radius 3 is 2.67 bits per heavy atom. The molecule has 1 unspecified atom stereocenters. The van der Waals surface area contributed by atoms with Gasteiger partial charge in [-0.15, -0.1) is 0 Å². The molecule has 1 saturated heterocycles. The van der Waals surface area contributed by atoms with Gasteiger partial charge in [-0.1, -0.05) is 15.9 Å². The van der Waals surface area contributed by atoms with E-state index in [1.165, 1.54) is 6.42 Å². The number of nitrogens with zero attached hydrogens (tertiary/aromatic N) is 2. The summed E-state index contributed by atoms with van der Waals surface area (Å²) in [6.07, 6.45) is 1.19. The summed E-state index contributed by atoms with van der Waals surface area (Å²) in [5.41, 5.74) is 0.757. The molecule has 1 aromatic rings. The molecule has 0 spiro atoms. The Morgan fingerprint density at radius 1 is 1.44 bits per heavy atom. The molecule has 1 aliphatic heterocycles. The molecule has 1 fully saturated rings. The average molecular weight is 311 g/mol. The Hall–Kier alpha value is -0.870. The Labute approximate surface area is 117 Å². The van der Waals surface area contributed by atoms with Gasteiger partial charge in [-0.2, -0.15) is 0 Å². The summed E-state index contributed by atoms with van der Waals surface area (Å²) >= 11 is 3.38. The predicted molar refractivity (Wildman–Crippen MR) is 76.7 cm³/mol. The monoisotopic (exact) mass is 310 g/mol. The number of halogens is 1. The quantitative estimate of drug-likeness (QED) is 0.856. The summed E-state index contributed by atoms with van der Waals surface area (Å²) in [6, 6.07) is 7.54. The van der Waals surface area contributed by atoms with Crippen molar-refractivity contribution in [3.63, 3.8) is 0 Å². The van der Waals surface area contributed by atoms with Crippen molar-refractivity contribution in [1.29, 1.82) is 0 Å². The predicted octanol–water partition coefficient (Wildman–Crippen LogP) is 2.47. The maximum absolute atomic E-state index is 12.2. The van der Waals surface area contributed by atoms with Gasteiger partial charge in [0.2, 0.25) is 0 Å². The first-order valence-corrected chi connectivity index (χ1v) is 7.05. The summed E-state index contributed by atoms with van der Waals surface area (Å²) in [7, 11) is 4.03. The molecular weight excluding hydrogens is 292 g/mol. The lowest BCUT2D eigenvalue weighted by molar-refractivity contribution is 0.0774. The number of rotatable bonds is 3. The molecule has 0 aliphatic carbocycles. The van der Waals surface area contributed by atoms with Crippen LogP contribution in [-0.4, -0.2) is 49.4 Å². The number of amides is 1. The molecule has 2 rings (SSSR count). The normalized spacial score (nSPS) is 20.1. The van der Waals surface area contributed by atoms with E-state index in [9.17, 15) is 4.79 Å². The van der Waals surface area contributed by atoms with Gasteiger partial charge >= 0.3 is 0 Å². The van der Waals surface area contributed by atoms with E-state index in [2.05, 4.69) is 27.9 Å². The number of likely N-dealkylation sites (tertiary alicyclic amines) is 1. The van der Waals surface area contributed by atoms with Crippen LogP contribution in [0.15, 0.2) is 28.7 Å². The van der Waals surface area contributed by atoms with Crippen LogP contribution in [0.2, 0.25) is 0 Å². The molecule has 0 N–H and O–H groups in total. The molecule has 1 aromatic carbocycles. The maximum atomic E-state index is 12.2. The molecule has 1 amide bonds. The zero-order valence-electron chi connectivity index (χ0n) is 10.9. The lowest BCUT2D eigenvalue weighted by Gasteiger charge is -2.21. The van der Waals surface area contributed by atoms with Crippen LogP contribution in [0, 0.1) is 5.92 Å². The summed E-state index contributed by atoms with van der Waals surface area (Å²) in [5, 5.41) is 0. The molecule has 0 saturated carbocycles. The fraction of sp³-hybridized carbons (Fsp3) is 0.500. The SMILES string of the molecule is CN1CCC(CN(C)C(=O)c2ccc(Br)cc2)C1. The smallest absolute Gasteiger partial charge is 0.253 e. The van der Waals surface area contributed by atoms with Crippen LogP contribution in [0.4, 0.5) is 0 Å². The molecule has 0 radical (unpaired) electrons. The topological polar surface area (TPSA) is 23.6 Å². The van der Waals surface area contributed by atoms with Gasteiger partial charge in [0, 0.05) is 30.2 Å². The molecule has 4 heteroatoms. The molecule has 1 aliphatic rings. The largest absolute Gasteiger partial charge is 0.341 e. The Bertz CT molecular complexity index is 418. The Morgan fingerprint density at radius 2 is 2.11 bits per heavy atom. The average Bonchev–Trinajstić information content (AvgIpc) is 2.75. The molecule has 1 atom stereocenters. The van der Waals surface area contributed by atoms with E-state index < -0.39 is 0 Å². The van der Waals surface area contributed by atoms with E-state index in [1.807, 2.05) is 36.2 Å². The molecule has 18 heavy (non-hydrogen) atoms. The highest BCUT2D eigenvalue weighted by atomic mass is 79.9. The highest BCUT2D eigenvalue weighted by molar-refractivity contribution is 9.10. The van der Waals surface area contributed by atoms with Crippen molar-refractivity contribution >= 4 is 21.8 Å². The molecule has 0 bridgehead atoms. The molecule has 1 heterocycles. The second-order valence-corrected chi connectivity index (χ2v) is 6.03. The fourth-order valence-corrected chi connectivity index (χ4v) is 2.72. The van der Waals surface area contributed by atoms with Crippen LogP contribution in [0.25, 0.3) is 0 Å². The molecule has 0 aromatic heterocycles. The van der Waals surface area contributed by atoms with Gasteiger partial charge in [0.1, 0.15) is 0 Å². The van der Waals surface area contributed by atoms with Gasteiger partial charge in [-0.05, 0) is 50.2 Å². The molecule has 3 nitrogen and oxygen atoms in total. The van der Waals surface area contributed by atoms with Crippen molar-refractivity contribution in [3.8, 4) is 0 Å². The second kappa shape index (κ2) is 5.85. The first-order chi connectivity index (χ1) is 8.56. The zero-order chi connectivity index (χ0) is 13.1. The van der Waals surface area contributed by atoms with Crippen molar-refractivity contribution in [2.45, 2.75) is 6.42 Å². The van der Waals surface area contributed by atoms with Crippen molar-refractivity contribution in [2.24, 2.45) is 5.92 Å².